The Labute approximate surface area is 234 Å². The summed E-state index contributed by atoms with van der Waals surface area (Å²) >= 11 is 6.09. The normalized spacial score (nSPS) is 18.4. The number of nitrogens with zero attached hydrogens (tertiary/aromatic N) is 4. The van der Waals surface area contributed by atoms with Crippen LogP contribution in [0.5, 0.6) is 0 Å². The summed E-state index contributed by atoms with van der Waals surface area (Å²) in [7, 11) is 0. The smallest absolute Gasteiger partial charge is 0.155 e. The molecule has 2 aliphatic rings. The number of nitrogens with two attached hydrogens (primary N) is 1. The van der Waals surface area contributed by atoms with Crippen LogP contribution in [0.3, 0.4) is 0 Å². The number of carbonyl (C=O) groups excluding carboxylic acids is 1. The summed E-state index contributed by atoms with van der Waals surface area (Å²) in [4.78, 5) is 22.2. The third-order valence-electron chi connectivity index (χ3n) is 7.01. The van der Waals surface area contributed by atoms with E-state index in [0.29, 0.717) is 0 Å². The molecule has 0 bridgehead atoms. The number of aryl methyl sites for hydroxylation is 1. The van der Waals surface area contributed by atoms with Crippen molar-refractivity contribution in [1.82, 2.24) is 20.2 Å². The third kappa shape index (κ3) is 9.34. The fourth-order valence-electron chi connectivity index (χ4n) is 4.90. The van der Waals surface area contributed by atoms with Gasteiger partial charge >= 0.3 is 0 Å². The van der Waals surface area contributed by atoms with Gasteiger partial charge in [-0.05, 0) is 75.9 Å². The number of hydrogen-bond acceptors (Lipinski definition) is 8. The van der Waals surface area contributed by atoms with Gasteiger partial charge in [-0.2, -0.15) is 0 Å². The molecule has 0 spiro atoms. The lowest BCUT2D eigenvalue weighted by atomic mass is 10.0. The number of hydrogen-bond donors (Lipinski definition) is 3. The quantitative estimate of drug-likeness (QED) is 0.462. The Balaban J connectivity index is 0.000000353. The van der Waals surface area contributed by atoms with E-state index < -0.39 is 0 Å². The fourth-order valence-corrected chi connectivity index (χ4v) is 5.13. The van der Waals surface area contributed by atoms with Gasteiger partial charge in [0.1, 0.15) is 18.3 Å². The molecule has 4 rings (SSSR count). The number of nitrogens with one attached hydrogen (secondary N) is 2. The summed E-state index contributed by atoms with van der Waals surface area (Å²) < 4.78 is 0. The summed E-state index contributed by atoms with van der Waals surface area (Å²) in [6.45, 7) is 21.5. The predicted octanol–water partition coefficient (Wildman–Crippen LogP) is 4.69. The molecule has 0 saturated carbocycles. The van der Waals surface area contributed by atoms with Gasteiger partial charge in [0.05, 0.1) is 12.2 Å². The molecule has 1 aromatic carbocycles. The Hall–Kier alpha value is -2.52. The minimum absolute atomic E-state index is 0.0814. The first kappa shape index (κ1) is 31.7. The summed E-state index contributed by atoms with van der Waals surface area (Å²) in [6, 6.07) is 6.82. The number of piperidine rings is 1. The van der Waals surface area contributed by atoms with Crippen molar-refractivity contribution in [2.24, 2.45) is 5.73 Å². The standard InChI is InChI=1S/C20H26ClN5.C8H18N2.CH2O/c1-13(2)19-20(24-15(4)17-6-5-16(21)11-14(17)3)25-18(12-23-19)26-9-7-22-8-10-26;1-8-4-2-3-6-10(8)7-5-9;1-2/h5-6,11-12,15,22H,1,7-10H2,2-4H3,(H,24,25);8H,2-7,9H2,1H3;1H2. The van der Waals surface area contributed by atoms with Crippen molar-refractivity contribution < 1.29 is 4.79 Å². The van der Waals surface area contributed by atoms with Crippen LogP contribution in [0, 0.1) is 6.92 Å². The highest BCUT2D eigenvalue weighted by molar-refractivity contribution is 6.30. The predicted molar refractivity (Wildman–Crippen MR) is 161 cm³/mol. The minimum atomic E-state index is 0.0814. The first-order chi connectivity index (χ1) is 18.3. The molecule has 9 heteroatoms. The van der Waals surface area contributed by atoms with Crippen molar-refractivity contribution in [3.05, 3.63) is 52.8 Å². The first-order valence-corrected chi connectivity index (χ1v) is 13.9. The van der Waals surface area contributed by atoms with E-state index in [1.165, 1.54) is 31.4 Å². The van der Waals surface area contributed by atoms with Gasteiger partial charge in [0.2, 0.25) is 0 Å². The zero-order chi connectivity index (χ0) is 28.1. The van der Waals surface area contributed by atoms with Crippen molar-refractivity contribution in [3.8, 4) is 0 Å². The highest BCUT2D eigenvalue weighted by Gasteiger charge is 2.18. The first-order valence-electron chi connectivity index (χ1n) is 13.5. The number of piperazine rings is 1. The summed E-state index contributed by atoms with van der Waals surface area (Å²) in [5.41, 5.74) is 9.53. The highest BCUT2D eigenvalue weighted by Crippen LogP contribution is 2.28. The van der Waals surface area contributed by atoms with E-state index in [2.05, 4.69) is 58.8 Å². The van der Waals surface area contributed by atoms with Crippen molar-refractivity contribution in [1.29, 1.82) is 0 Å². The van der Waals surface area contributed by atoms with Crippen molar-refractivity contribution >= 4 is 35.6 Å². The molecule has 2 saturated heterocycles. The molecule has 2 unspecified atom stereocenters. The number of carbonyl (C=O) groups is 1. The average molecular weight is 544 g/mol. The number of rotatable bonds is 7. The average Bonchev–Trinajstić information content (AvgIpc) is 2.92. The lowest BCUT2D eigenvalue weighted by Gasteiger charge is -2.32. The number of aromatic nitrogens is 2. The number of halogens is 1. The maximum Gasteiger partial charge on any atom is 0.155 e. The molecule has 2 aromatic rings. The Morgan fingerprint density at radius 1 is 1.26 bits per heavy atom. The molecule has 4 N–H and O–H groups in total. The fraction of sp³-hybridized carbons (Fsp3) is 0.552. The molecule has 38 heavy (non-hydrogen) atoms. The van der Waals surface area contributed by atoms with Gasteiger partial charge < -0.3 is 26.1 Å². The van der Waals surface area contributed by atoms with Crippen LogP contribution >= 0.6 is 11.6 Å². The Bertz CT molecular complexity index is 1010. The molecular weight excluding hydrogens is 498 g/mol. The Morgan fingerprint density at radius 3 is 2.58 bits per heavy atom. The summed E-state index contributed by atoms with van der Waals surface area (Å²) in [5, 5.41) is 7.64. The lowest BCUT2D eigenvalue weighted by Crippen LogP contribution is -2.44. The third-order valence-corrected chi connectivity index (χ3v) is 7.25. The van der Waals surface area contributed by atoms with Gasteiger partial charge in [0.25, 0.3) is 0 Å². The highest BCUT2D eigenvalue weighted by atomic mass is 35.5. The van der Waals surface area contributed by atoms with E-state index in [-0.39, 0.29) is 6.04 Å². The summed E-state index contributed by atoms with van der Waals surface area (Å²) in [6.07, 6.45) is 5.98. The molecule has 210 valence electrons. The minimum Gasteiger partial charge on any atom is -0.362 e. The Morgan fingerprint density at radius 2 is 1.97 bits per heavy atom. The van der Waals surface area contributed by atoms with Gasteiger partial charge in [0.15, 0.2) is 5.82 Å². The van der Waals surface area contributed by atoms with E-state index in [1.54, 1.807) is 0 Å². The Kier molecular flexibility index (Phi) is 13.7. The monoisotopic (exact) mass is 543 g/mol. The lowest BCUT2D eigenvalue weighted by molar-refractivity contribution is -0.0979. The molecule has 0 radical (unpaired) electrons. The van der Waals surface area contributed by atoms with Crippen molar-refractivity contribution in [3.63, 3.8) is 0 Å². The van der Waals surface area contributed by atoms with Gasteiger partial charge in [-0.25, -0.2) is 9.97 Å². The molecule has 3 heterocycles. The molecule has 0 aliphatic carbocycles. The number of allylic oxidation sites excluding steroid dienone is 1. The number of likely N-dealkylation sites (tertiary alicyclic amines) is 1. The van der Waals surface area contributed by atoms with Crippen LogP contribution in [0.15, 0.2) is 31.0 Å². The van der Waals surface area contributed by atoms with Crippen molar-refractivity contribution in [2.75, 3.05) is 56.0 Å². The second-order valence-corrected chi connectivity index (χ2v) is 10.4. The van der Waals surface area contributed by atoms with Crippen LogP contribution < -0.4 is 21.3 Å². The topological polar surface area (TPSA) is 99.4 Å². The molecular formula is C29H46ClN7O. The zero-order valence-electron chi connectivity index (χ0n) is 23.6. The van der Waals surface area contributed by atoms with Crippen LogP contribution in [0.25, 0.3) is 5.57 Å². The number of benzene rings is 1. The van der Waals surface area contributed by atoms with E-state index in [4.69, 9.17) is 27.1 Å². The largest absolute Gasteiger partial charge is 0.362 e. The van der Waals surface area contributed by atoms with E-state index >= 15 is 0 Å². The molecule has 2 atom stereocenters. The van der Waals surface area contributed by atoms with Crippen LogP contribution in [-0.2, 0) is 4.79 Å². The maximum absolute atomic E-state index is 8.00. The van der Waals surface area contributed by atoms with E-state index in [9.17, 15) is 0 Å². The molecule has 2 aliphatic heterocycles. The van der Waals surface area contributed by atoms with Gasteiger partial charge in [-0.1, -0.05) is 30.7 Å². The van der Waals surface area contributed by atoms with Crippen LogP contribution in [0.4, 0.5) is 11.6 Å². The van der Waals surface area contributed by atoms with Gasteiger partial charge in [0, 0.05) is 50.3 Å². The molecule has 8 nitrogen and oxygen atoms in total. The second kappa shape index (κ2) is 16.4. The van der Waals surface area contributed by atoms with Crippen molar-refractivity contribution in [2.45, 2.75) is 59.0 Å². The van der Waals surface area contributed by atoms with Crippen LogP contribution in [-0.4, -0.2) is 73.5 Å². The molecule has 2 fully saturated rings. The maximum atomic E-state index is 8.00. The summed E-state index contributed by atoms with van der Waals surface area (Å²) in [5.74, 6) is 1.68. The van der Waals surface area contributed by atoms with Crippen LogP contribution in [0.2, 0.25) is 5.02 Å². The van der Waals surface area contributed by atoms with E-state index in [1.807, 2.05) is 32.0 Å². The number of anilines is 2. The zero-order valence-corrected chi connectivity index (χ0v) is 24.4. The second-order valence-electron chi connectivity index (χ2n) is 9.98. The molecule has 0 amide bonds. The molecule has 1 aromatic heterocycles. The SMILES string of the molecule is C=C(C)c1ncc(N2CCNCC2)nc1NC(C)c1ccc(Cl)cc1C.C=O.CC1CCCCN1CCN. The van der Waals surface area contributed by atoms with Gasteiger partial charge in [-0.3, -0.25) is 4.90 Å². The van der Waals surface area contributed by atoms with E-state index in [0.717, 1.165) is 78.8 Å². The van der Waals surface area contributed by atoms with Crippen LogP contribution in [0.1, 0.15) is 62.9 Å². The van der Waals surface area contributed by atoms with Gasteiger partial charge in [-0.15, -0.1) is 0 Å².